The van der Waals surface area contributed by atoms with Crippen molar-refractivity contribution in [1.29, 1.82) is 0 Å². The molecule has 1 saturated heterocycles. The number of methoxy groups -OCH3 is 1. The highest BCUT2D eigenvalue weighted by Gasteiger charge is 2.22. The van der Waals surface area contributed by atoms with Gasteiger partial charge in [-0.05, 0) is 31.5 Å². The SMILES string of the molecule is CCNCc1coc(CN2CCC(COC)C2)c1. The molecule has 0 saturated carbocycles. The number of hydrogen-bond donors (Lipinski definition) is 1. The van der Waals surface area contributed by atoms with Crippen LogP contribution in [0, 0.1) is 5.92 Å². The predicted octanol–water partition coefficient (Wildman–Crippen LogP) is 1.86. The van der Waals surface area contributed by atoms with Gasteiger partial charge in [0.15, 0.2) is 0 Å². The third-order valence-corrected chi connectivity index (χ3v) is 3.44. The first-order valence-electron chi connectivity index (χ1n) is 6.80. The summed E-state index contributed by atoms with van der Waals surface area (Å²) in [6.07, 6.45) is 3.10. The number of nitrogens with one attached hydrogen (secondary N) is 1. The summed E-state index contributed by atoms with van der Waals surface area (Å²) in [5.41, 5.74) is 1.24. The van der Waals surface area contributed by atoms with Crippen LogP contribution < -0.4 is 5.32 Å². The van der Waals surface area contributed by atoms with E-state index in [1.54, 1.807) is 7.11 Å². The van der Waals surface area contributed by atoms with Crippen LogP contribution in [0.25, 0.3) is 0 Å². The molecule has 0 spiro atoms. The van der Waals surface area contributed by atoms with E-state index in [1.807, 2.05) is 6.26 Å². The summed E-state index contributed by atoms with van der Waals surface area (Å²) < 4.78 is 10.8. The van der Waals surface area contributed by atoms with E-state index >= 15 is 0 Å². The van der Waals surface area contributed by atoms with Crippen LogP contribution in [0.5, 0.6) is 0 Å². The molecule has 102 valence electrons. The molecule has 1 atom stereocenters. The molecule has 0 amide bonds. The third kappa shape index (κ3) is 3.83. The van der Waals surface area contributed by atoms with E-state index in [9.17, 15) is 0 Å². The first-order chi connectivity index (χ1) is 8.81. The summed E-state index contributed by atoms with van der Waals surface area (Å²) in [4.78, 5) is 2.44. The van der Waals surface area contributed by atoms with Gasteiger partial charge in [-0.25, -0.2) is 0 Å². The fourth-order valence-electron chi connectivity index (χ4n) is 2.52. The standard InChI is InChI=1S/C14H24N2O2/c1-3-15-7-13-6-14(18-11-13)9-16-5-4-12(8-16)10-17-2/h6,11-12,15H,3-5,7-10H2,1-2H3. The lowest BCUT2D eigenvalue weighted by atomic mass is 10.1. The van der Waals surface area contributed by atoms with Crippen molar-refractivity contribution in [2.24, 2.45) is 5.92 Å². The highest BCUT2D eigenvalue weighted by molar-refractivity contribution is 5.12. The Balaban J connectivity index is 1.77. The molecular weight excluding hydrogens is 228 g/mol. The van der Waals surface area contributed by atoms with Crippen molar-refractivity contribution in [3.05, 3.63) is 23.7 Å². The summed E-state index contributed by atoms with van der Waals surface area (Å²) in [6, 6.07) is 2.16. The van der Waals surface area contributed by atoms with E-state index < -0.39 is 0 Å². The maximum absolute atomic E-state index is 5.61. The minimum Gasteiger partial charge on any atom is -0.468 e. The Kier molecular flexibility index (Phi) is 5.23. The Morgan fingerprint density at radius 3 is 3.22 bits per heavy atom. The van der Waals surface area contributed by atoms with E-state index in [0.717, 1.165) is 45.1 Å². The fourth-order valence-corrected chi connectivity index (χ4v) is 2.52. The van der Waals surface area contributed by atoms with Gasteiger partial charge in [0.2, 0.25) is 0 Å². The van der Waals surface area contributed by atoms with Crippen molar-refractivity contribution >= 4 is 0 Å². The van der Waals surface area contributed by atoms with Gasteiger partial charge in [0.25, 0.3) is 0 Å². The summed E-state index contributed by atoms with van der Waals surface area (Å²) >= 11 is 0. The van der Waals surface area contributed by atoms with Crippen LogP contribution in [0.2, 0.25) is 0 Å². The van der Waals surface area contributed by atoms with E-state index in [1.165, 1.54) is 12.0 Å². The summed E-state index contributed by atoms with van der Waals surface area (Å²) in [5, 5.41) is 3.31. The van der Waals surface area contributed by atoms with Crippen LogP contribution in [-0.4, -0.2) is 38.3 Å². The predicted molar refractivity (Wildman–Crippen MR) is 71.3 cm³/mol. The number of ether oxygens (including phenoxy) is 1. The Bertz CT molecular complexity index is 351. The van der Waals surface area contributed by atoms with Crippen molar-refractivity contribution in [2.45, 2.75) is 26.4 Å². The van der Waals surface area contributed by atoms with Crippen LogP contribution >= 0.6 is 0 Å². The minimum atomic E-state index is 0.686. The molecule has 1 aliphatic heterocycles. The lowest BCUT2D eigenvalue weighted by Crippen LogP contribution is -2.21. The van der Waals surface area contributed by atoms with Crippen LogP contribution in [0.15, 0.2) is 16.7 Å². The first kappa shape index (κ1) is 13.6. The average molecular weight is 252 g/mol. The minimum absolute atomic E-state index is 0.686. The van der Waals surface area contributed by atoms with Gasteiger partial charge < -0.3 is 14.5 Å². The van der Waals surface area contributed by atoms with Gasteiger partial charge in [-0.3, -0.25) is 4.90 Å². The number of likely N-dealkylation sites (tertiary alicyclic amines) is 1. The van der Waals surface area contributed by atoms with Crippen molar-refractivity contribution in [2.75, 3.05) is 33.4 Å². The zero-order valence-electron chi connectivity index (χ0n) is 11.4. The molecule has 2 heterocycles. The molecule has 18 heavy (non-hydrogen) atoms. The zero-order chi connectivity index (χ0) is 12.8. The van der Waals surface area contributed by atoms with Crippen LogP contribution in [-0.2, 0) is 17.8 Å². The first-order valence-corrected chi connectivity index (χ1v) is 6.80. The highest BCUT2D eigenvalue weighted by Crippen LogP contribution is 2.19. The maximum atomic E-state index is 5.61. The van der Waals surface area contributed by atoms with E-state index in [0.29, 0.717) is 5.92 Å². The molecule has 1 unspecified atom stereocenters. The summed E-state index contributed by atoms with van der Waals surface area (Å²) in [5.74, 6) is 1.76. The third-order valence-electron chi connectivity index (χ3n) is 3.44. The summed E-state index contributed by atoms with van der Waals surface area (Å²) in [6.45, 7) is 8.07. The zero-order valence-corrected chi connectivity index (χ0v) is 11.4. The Hall–Kier alpha value is -0.840. The lowest BCUT2D eigenvalue weighted by Gasteiger charge is -2.13. The molecule has 4 nitrogen and oxygen atoms in total. The molecule has 2 rings (SSSR count). The topological polar surface area (TPSA) is 37.6 Å². The van der Waals surface area contributed by atoms with Gasteiger partial charge in [-0.15, -0.1) is 0 Å². The van der Waals surface area contributed by atoms with Crippen molar-refractivity contribution in [3.63, 3.8) is 0 Å². The van der Waals surface area contributed by atoms with Crippen molar-refractivity contribution < 1.29 is 9.15 Å². The number of hydrogen-bond acceptors (Lipinski definition) is 4. The normalized spacial score (nSPS) is 20.7. The van der Waals surface area contributed by atoms with Crippen molar-refractivity contribution in [3.8, 4) is 0 Å². The van der Waals surface area contributed by atoms with Gasteiger partial charge in [0.05, 0.1) is 19.4 Å². The quantitative estimate of drug-likeness (QED) is 0.804. The molecular formula is C14H24N2O2. The largest absolute Gasteiger partial charge is 0.468 e. The Morgan fingerprint density at radius 2 is 2.44 bits per heavy atom. The number of nitrogens with zero attached hydrogens (tertiary/aromatic N) is 1. The molecule has 4 heteroatoms. The maximum Gasteiger partial charge on any atom is 0.118 e. The van der Waals surface area contributed by atoms with Gasteiger partial charge in [-0.1, -0.05) is 6.92 Å². The molecule has 0 aromatic carbocycles. The molecule has 1 aromatic heterocycles. The molecule has 1 fully saturated rings. The molecule has 1 N–H and O–H groups in total. The second-order valence-electron chi connectivity index (χ2n) is 5.05. The van der Waals surface area contributed by atoms with Gasteiger partial charge in [0.1, 0.15) is 5.76 Å². The monoisotopic (exact) mass is 252 g/mol. The van der Waals surface area contributed by atoms with Crippen LogP contribution in [0.4, 0.5) is 0 Å². The number of furan rings is 1. The summed E-state index contributed by atoms with van der Waals surface area (Å²) in [7, 11) is 1.78. The fraction of sp³-hybridized carbons (Fsp3) is 0.714. The lowest BCUT2D eigenvalue weighted by molar-refractivity contribution is 0.151. The number of rotatable bonds is 7. The van der Waals surface area contributed by atoms with Crippen LogP contribution in [0.1, 0.15) is 24.7 Å². The van der Waals surface area contributed by atoms with Gasteiger partial charge in [0, 0.05) is 25.8 Å². The van der Waals surface area contributed by atoms with E-state index in [-0.39, 0.29) is 0 Å². The molecule has 0 aliphatic carbocycles. The molecule has 1 aliphatic rings. The highest BCUT2D eigenvalue weighted by atomic mass is 16.5. The molecule has 0 bridgehead atoms. The van der Waals surface area contributed by atoms with Crippen LogP contribution in [0.3, 0.4) is 0 Å². The Labute approximate surface area is 109 Å². The Morgan fingerprint density at radius 1 is 1.56 bits per heavy atom. The van der Waals surface area contributed by atoms with Crippen molar-refractivity contribution in [1.82, 2.24) is 10.2 Å². The van der Waals surface area contributed by atoms with E-state index in [4.69, 9.17) is 9.15 Å². The van der Waals surface area contributed by atoms with Gasteiger partial charge in [-0.2, -0.15) is 0 Å². The van der Waals surface area contributed by atoms with E-state index in [2.05, 4.69) is 23.2 Å². The smallest absolute Gasteiger partial charge is 0.118 e. The average Bonchev–Trinajstić information content (AvgIpc) is 2.98. The molecule has 1 aromatic rings. The molecule has 0 radical (unpaired) electrons. The second-order valence-corrected chi connectivity index (χ2v) is 5.05. The second kappa shape index (κ2) is 6.92. The van der Waals surface area contributed by atoms with Gasteiger partial charge >= 0.3 is 0 Å².